The van der Waals surface area contributed by atoms with Crippen LogP contribution in [0.1, 0.15) is 22.3 Å². The van der Waals surface area contributed by atoms with Crippen LogP contribution in [0.5, 0.6) is 11.5 Å². The van der Waals surface area contributed by atoms with E-state index >= 15 is 0 Å². The lowest BCUT2D eigenvalue weighted by Gasteiger charge is -2.34. The molecule has 4 rings (SSSR count). The summed E-state index contributed by atoms with van der Waals surface area (Å²) in [4.78, 5) is 14.7. The molecule has 0 aliphatic carbocycles. The van der Waals surface area contributed by atoms with Crippen LogP contribution in [0.4, 0.5) is 0 Å². The molecule has 166 valence electrons. The fraction of sp³-hybridized carbons (Fsp3) is 0.409. The lowest BCUT2D eigenvalue weighted by Crippen LogP contribution is -2.50. The fourth-order valence-corrected chi connectivity index (χ4v) is 5.64. The minimum absolute atomic E-state index is 0.0664. The molecule has 1 fully saturated rings. The number of carbonyl (C=O) groups is 1. The molecule has 0 N–H and O–H groups in total. The molecule has 0 atom stereocenters. The number of thioether (sulfide) groups is 1. The molecule has 1 saturated heterocycles. The van der Waals surface area contributed by atoms with Gasteiger partial charge in [0.25, 0.3) is 5.91 Å². The van der Waals surface area contributed by atoms with Crippen molar-refractivity contribution in [1.82, 2.24) is 9.21 Å². The van der Waals surface area contributed by atoms with Crippen LogP contribution >= 0.6 is 11.8 Å². The van der Waals surface area contributed by atoms with Gasteiger partial charge in [0.05, 0.1) is 18.1 Å². The molecule has 1 amide bonds. The minimum atomic E-state index is -3.68. The molecule has 0 bridgehead atoms. The summed E-state index contributed by atoms with van der Waals surface area (Å²) < 4.78 is 38.9. The molecule has 2 aliphatic heterocycles. The number of carbonyl (C=O) groups excluding carboxylic acids is 1. The fourth-order valence-electron chi connectivity index (χ4n) is 3.68. The number of ether oxygens (including phenoxy) is 2. The number of benzene rings is 2. The average Bonchev–Trinajstić information content (AvgIpc) is 3.04. The van der Waals surface area contributed by atoms with Crippen molar-refractivity contribution in [2.45, 2.75) is 17.1 Å². The summed E-state index contributed by atoms with van der Waals surface area (Å²) in [5, 5.41) is 0. The minimum Gasteiger partial charge on any atom is -0.490 e. The molecule has 2 aromatic rings. The van der Waals surface area contributed by atoms with Crippen molar-refractivity contribution in [3.05, 3.63) is 53.6 Å². The summed E-state index contributed by atoms with van der Waals surface area (Å²) in [6.45, 7) is 2.27. The molecule has 31 heavy (non-hydrogen) atoms. The highest BCUT2D eigenvalue weighted by molar-refractivity contribution is 7.97. The highest BCUT2D eigenvalue weighted by Gasteiger charge is 2.31. The van der Waals surface area contributed by atoms with Gasteiger partial charge in [-0.3, -0.25) is 4.79 Å². The van der Waals surface area contributed by atoms with Gasteiger partial charge in [0.2, 0.25) is 10.0 Å². The van der Waals surface area contributed by atoms with Crippen LogP contribution in [0.15, 0.2) is 47.4 Å². The zero-order chi connectivity index (χ0) is 21.8. The molecular formula is C22H26N2O5S2. The Kier molecular flexibility index (Phi) is 6.74. The summed E-state index contributed by atoms with van der Waals surface area (Å²) in [5.74, 6) is 1.86. The summed E-state index contributed by atoms with van der Waals surface area (Å²) in [5.41, 5.74) is 1.80. The number of sulfonamides is 1. The predicted molar refractivity (Wildman–Crippen MR) is 120 cm³/mol. The van der Waals surface area contributed by atoms with E-state index < -0.39 is 10.0 Å². The van der Waals surface area contributed by atoms with Crippen LogP contribution in [0, 0.1) is 0 Å². The lowest BCUT2D eigenvalue weighted by atomic mass is 10.1. The number of amides is 1. The third-order valence-electron chi connectivity index (χ3n) is 5.39. The first-order chi connectivity index (χ1) is 15.0. The van der Waals surface area contributed by atoms with Gasteiger partial charge in [-0.05, 0) is 36.1 Å². The van der Waals surface area contributed by atoms with Crippen LogP contribution in [0.2, 0.25) is 0 Å². The van der Waals surface area contributed by atoms with Gasteiger partial charge in [-0.15, -0.1) is 0 Å². The van der Waals surface area contributed by atoms with Crippen molar-refractivity contribution in [3.8, 4) is 11.5 Å². The Morgan fingerprint density at radius 3 is 2.32 bits per heavy atom. The van der Waals surface area contributed by atoms with E-state index in [1.54, 1.807) is 28.8 Å². The lowest BCUT2D eigenvalue weighted by molar-refractivity contribution is 0.0698. The Hall–Kier alpha value is -2.23. The number of hydrogen-bond donors (Lipinski definition) is 0. The first-order valence-electron chi connectivity index (χ1n) is 10.3. The van der Waals surface area contributed by atoms with Crippen LogP contribution in [-0.4, -0.2) is 69.2 Å². The zero-order valence-corrected chi connectivity index (χ0v) is 19.1. The first-order valence-corrected chi connectivity index (χ1v) is 13.1. The van der Waals surface area contributed by atoms with Gasteiger partial charge in [-0.1, -0.05) is 12.1 Å². The average molecular weight is 463 g/mol. The molecule has 7 nitrogen and oxygen atoms in total. The molecule has 0 radical (unpaired) electrons. The number of piperazine rings is 1. The summed E-state index contributed by atoms with van der Waals surface area (Å²) >= 11 is 1.73. The molecule has 2 aliphatic rings. The highest BCUT2D eigenvalue weighted by atomic mass is 32.2. The van der Waals surface area contributed by atoms with Crippen molar-refractivity contribution < 1.29 is 22.7 Å². The van der Waals surface area contributed by atoms with Crippen LogP contribution in [0.25, 0.3) is 0 Å². The topological polar surface area (TPSA) is 76.2 Å². The van der Waals surface area contributed by atoms with E-state index in [1.807, 2.05) is 30.5 Å². The number of fused-ring (bicyclic) bond motifs is 1. The molecule has 9 heteroatoms. The SMILES string of the molecule is CSCc1ccc(C(=O)N2CCN(S(=O)(=O)c3ccc4c(c3)OCCCO4)CC2)cc1. The molecule has 0 saturated carbocycles. The number of rotatable bonds is 5. The normalized spacial score (nSPS) is 17.3. The largest absolute Gasteiger partial charge is 0.490 e. The van der Waals surface area contributed by atoms with Gasteiger partial charge >= 0.3 is 0 Å². The third kappa shape index (κ3) is 4.83. The van der Waals surface area contributed by atoms with Gasteiger partial charge in [-0.25, -0.2) is 8.42 Å². The maximum atomic E-state index is 13.1. The number of nitrogens with zero attached hydrogens (tertiary/aromatic N) is 2. The second kappa shape index (κ2) is 9.50. The smallest absolute Gasteiger partial charge is 0.253 e. The van der Waals surface area contributed by atoms with E-state index in [4.69, 9.17) is 9.47 Å². The maximum Gasteiger partial charge on any atom is 0.253 e. The molecular weight excluding hydrogens is 436 g/mol. The van der Waals surface area contributed by atoms with Crippen molar-refractivity contribution in [2.75, 3.05) is 45.6 Å². The molecule has 2 aromatic carbocycles. The second-order valence-corrected chi connectivity index (χ2v) is 10.3. The number of hydrogen-bond acceptors (Lipinski definition) is 6. The van der Waals surface area contributed by atoms with Crippen LogP contribution in [-0.2, 0) is 15.8 Å². The predicted octanol–water partition coefficient (Wildman–Crippen LogP) is 2.86. The summed E-state index contributed by atoms with van der Waals surface area (Å²) in [7, 11) is -3.68. The van der Waals surface area contributed by atoms with Gasteiger partial charge in [-0.2, -0.15) is 16.1 Å². The van der Waals surface area contributed by atoms with Crippen LogP contribution < -0.4 is 9.47 Å². The molecule has 0 unspecified atom stereocenters. The molecule has 0 spiro atoms. The summed E-state index contributed by atoms with van der Waals surface area (Å²) in [6, 6.07) is 12.3. The third-order valence-corrected chi connectivity index (χ3v) is 7.91. The van der Waals surface area contributed by atoms with E-state index in [2.05, 4.69) is 0 Å². The Bertz CT molecular complexity index is 1030. The monoisotopic (exact) mass is 462 g/mol. The standard InChI is InChI=1S/C22H26N2O5S2/c1-30-16-17-3-5-18(6-4-17)22(25)23-9-11-24(12-10-23)31(26,27)19-7-8-20-21(15-19)29-14-2-13-28-20/h3-8,15H,2,9-14,16H2,1H3. The van der Waals surface area contributed by atoms with Gasteiger partial charge in [0, 0.05) is 50.0 Å². The van der Waals surface area contributed by atoms with Crippen molar-refractivity contribution in [2.24, 2.45) is 0 Å². The van der Waals surface area contributed by atoms with E-state index in [1.165, 1.54) is 15.9 Å². The van der Waals surface area contributed by atoms with E-state index in [0.717, 1.165) is 12.2 Å². The van der Waals surface area contributed by atoms with Gasteiger partial charge in [0.15, 0.2) is 11.5 Å². The van der Waals surface area contributed by atoms with Crippen molar-refractivity contribution >= 4 is 27.7 Å². The van der Waals surface area contributed by atoms with Crippen molar-refractivity contribution in [1.29, 1.82) is 0 Å². The molecule has 0 aromatic heterocycles. The Morgan fingerprint density at radius 1 is 0.968 bits per heavy atom. The highest BCUT2D eigenvalue weighted by Crippen LogP contribution is 2.33. The van der Waals surface area contributed by atoms with Gasteiger partial charge < -0.3 is 14.4 Å². The van der Waals surface area contributed by atoms with Gasteiger partial charge in [0.1, 0.15) is 0 Å². The first kappa shape index (κ1) is 22.0. The van der Waals surface area contributed by atoms with E-state index in [0.29, 0.717) is 43.4 Å². The quantitative estimate of drug-likeness (QED) is 0.680. The molecule has 2 heterocycles. The maximum absolute atomic E-state index is 13.1. The Morgan fingerprint density at radius 2 is 1.65 bits per heavy atom. The van der Waals surface area contributed by atoms with Crippen LogP contribution in [0.3, 0.4) is 0 Å². The second-order valence-electron chi connectivity index (χ2n) is 7.49. The van der Waals surface area contributed by atoms with Crippen molar-refractivity contribution in [3.63, 3.8) is 0 Å². The summed E-state index contributed by atoms with van der Waals surface area (Å²) in [6.07, 6.45) is 2.80. The Balaban J connectivity index is 1.42. The van der Waals surface area contributed by atoms with E-state index in [-0.39, 0.29) is 23.9 Å². The zero-order valence-electron chi connectivity index (χ0n) is 17.5. The van der Waals surface area contributed by atoms with E-state index in [9.17, 15) is 13.2 Å². The Labute approximate surface area is 187 Å².